The van der Waals surface area contributed by atoms with Crippen LogP contribution in [0.2, 0.25) is 5.02 Å². The molecule has 1 aliphatic rings. The molecule has 0 radical (unpaired) electrons. The molecular weight excluding hydrogens is 278 g/mol. The molecule has 0 aliphatic carbocycles. The minimum Gasteiger partial charge on any atom is -0.485 e. The second-order valence-corrected chi connectivity index (χ2v) is 6.59. The third-order valence-electron chi connectivity index (χ3n) is 2.64. The number of halogens is 1. The third-order valence-corrected chi connectivity index (χ3v) is 4.64. The molecule has 0 spiro atoms. The van der Waals surface area contributed by atoms with Crippen molar-refractivity contribution in [2.45, 2.75) is 12.2 Å². The van der Waals surface area contributed by atoms with E-state index in [1.54, 1.807) is 6.07 Å². The first-order valence-corrected chi connectivity index (χ1v) is 7.36. The van der Waals surface area contributed by atoms with Crippen molar-refractivity contribution >= 4 is 21.4 Å². The molecular formula is C11H10ClNO4S. The van der Waals surface area contributed by atoms with Crippen molar-refractivity contribution < 1.29 is 18.3 Å². The van der Waals surface area contributed by atoms with Gasteiger partial charge in [-0.3, -0.25) is 0 Å². The minimum atomic E-state index is -3.29. The Hall–Kier alpha value is -1.29. The molecule has 5 nitrogen and oxygen atoms in total. The molecule has 1 aromatic carbocycles. The maximum absolute atomic E-state index is 11.3. The van der Waals surface area contributed by atoms with Crippen LogP contribution in [0.25, 0.3) is 0 Å². The fraction of sp³-hybridized carbons (Fsp3) is 0.364. The average Bonchev–Trinajstić information content (AvgIpc) is 2.52. The maximum Gasteiger partial charge on any atom is 0.156 e. The molecule has 18 heavy (non-hydrogen) atoms. The Morgan fingerprint density at radius 3 is 2.72 bits per heavy atom. The van der Waals surface area contributed by atoms with Crippen LogP contribution >= 0.6 is 11.6 Å². The zero-order chi connectivity index (χ0) is 13.3. The van der Waals surface area contributed by atoms with Gasteiger partial charge >= 0.3 is 0 Å². The molecule has 96 valence electrons. The van der Waals surface area contributed by atoms with Gasteiger partial charge in [-0.15, -0.1) is 0 Å². The Bertz CT molecular complexity index is 608. The summed E-state index contributed by atoms with van der Waals surface area (Å²) in [5.74, 6) is -0.391. The van der Waals surface area contributed by atoms with Gasteiger partial charge in [0.05, 0.1) is 16.5 Å². The van der Waals surface area contributed by atoms with E-state index < -0.39 is 22.0 Å². The molecule has 1 saturated heterocycles. The van der Waals surface area contributed by atoms with Crippen molar-refractivity contribution in [3.8, 4) is 11.8 Å². The summed E-state index contributed by atoms with van der Waals surface area (Å²) in [6, 6.07) is 6.53. The molecule has 1 aromatic rings. The Kier molecular flexibility index (Phi) is 3.48. The van der Waals surface area contributed by atoms with Crippen molar-refractivity contribution in [1.29, 1.82) is 5.26 Å². The minimum absolute atomic E-state index is 0.135. The summed E-state index contributed by atoms with van der Waals surface area (Å²) in [6.45, 7) is 0. The molecule has 0 saturated carbocycles. The van der Waals surface area contributed by atoms with Crippen molar-refractivity contribution in [1.82, 2.24) is 0 Å². The molecule has 0 aromatic heterocycles. The molecule has 1 aliphatic heterocycles. The second kappa shape index (κ2) is 4.76. The van der Waals surface area contributed by atoms with Crippen LogP contribution in [0.1, 0.15) is 5.56 Å². The van der Waals surface area contributed by atoms with E-state index in [4.69, 9.17) is 21.6 Å². The van der Waals surface area contributed by atoms with Crippen LogP contribution in [0.15, 0.2) is 18.2 Å². The lowest BCUT2D eigenvalue weighted by atomic mass is 10.2. The fourth-order valence-corrected chi connectivity index (χ4v) is 3.65. The number of sulfone groups is 1. The number of ether oxygens (including phenoxy) is 1. The molecule has 1 heterocycles. The predicted molar refractivity (Wildman–Crippen MR) is 65.2 cm³/mol. The highest BCUT2D eigenvalue weighted by atomic mass is 35.5. The zero-order valence-electron chi connectivity index (χ0n) is 9.21. The molecule has 1 N–H and O–H groups in total. The van der Waals surface area contributed by atoms with Crippen LogP contribution in [0, 0.1) is 11.3 Å². The standard InChI is InChI=1S/C11H10ClNO4S/c12-8-2-1-3-10(7(8)4-13)17-11-6-18(15,16)5-9(11)14/h1-3,9,11,14H,5-6H2. The molecule has 1 fully saturated rings. The summed E-state index contributed by atoms with van der Waals surface area (Å²) in [4.78, 5) is 0. The van der Waals surface area contributed by atoms with Gasteiger partial charge in [-0.05, 0) is 12.1 Å². The summed E-state index contributed by atoms with van der Waals surface area (Å²) in [5.41, 5.74) is 0.135. The van der Waals surface area contributed by atoms with Crippen LogP contribution in [0.4, 0.5) is 0 Å². The summed E-state index contributed by atoms with van der Waals surface area (Å²) in [6.07, 6.45) is -1.94. The van der Waals surface area contributed by atoms with Gasteiger partial charge in [0.25, 0.3) is 0 Å². The molecule has 0 amide bonds. The van der Waals surface area contributed by atoms with Gasteiger partial charge in [0.15, 0.2) is 9.84 Å². The molecule has 7 heteroatoms. The quantitative estimate of drug-likeness (QED) is 0.867. The van der Waals surface area contributed by atoms with E-state index >= 15 is 0 Å². The smallest absolute Gasteiger partial charge is 0.156 e. The number of nitriles is 1. The lowest BCUT2D eigenvalue weighted by molar-refractivity contribution is 0.0736. The van der Waals surface area contributed by atoms with Crippen LogP contribution < -0.4 is 4.74 Å². The fourth-order valence-electron chi connectivity index (χ4n) is 1.78. The largest absolute Gasteiger partial charge is 0.485 e. The van der Waals surface area contributed by atoms with Gasteiger partial charge in [-0.2, -0.15) is 5.26 Å². The maximum atomic E-state index is 11.3. The van der Waals surface area contributed by atoms with Crippen molar-refractivity contribution in [3.05, 3.63) is 28.8 Å². The lowest BCUT2D eigenvalue weighted by Gasteiger charge is -2.16. The first-order chi connectivity index (χ1) is 8.43. The van der Waals surface area contributed by atoms with Crippen molar-refractivity contribution in [3.63, 3.8) is 0 Å². The summed E-state index contributed by atoms with van der Waals surface area (Å²) in [5, 5.41) is 18.8. The number of rotatable bonds is 2. The number of benzene rings is 1. The number of aliphatic hydroxyl groups excluding tert-OH is 1. The van der Waals surface area contributed by atoms with E-state index in [2.05, 4.69) is 0 Å². The summed E-state index contributed by atoms with van der Waals surface area (Å²) in [7, 11) is -3.29. The first kappa shape index (κ1) is 13.1. The number of nitrogens with zero attached hydrogens (tertiary/aromatic N) is 1. The van der Waals surface area contributed by atoms with Gasteiger partial charge < -0.3 is 9.84 Å². The number of aliphatic hydroxyl groups is 1. The van der Waals surface area contributed by atoms with Crippen LogP contribution in [-0.2, 0) is 9.84 Å². The number of hydrogen-bond donors (Lipinski definition) is 1. The van der Waals surface area contributed by atoms with Gasteiger partial charge in [-0.25, -0.2) is 8.42 Å². The van der Waals surface area contributed by atoms with E-state index in [0.29, 0.717) is 0 Å². The molecule has 0 bridgehead atoms. The van der Waals surface area contributed by atoms with Gasteiger partial charge in [0.2, 0.25) is 0 Å². The second-order valence-electron chi connectivity index (χ2n) is 4.03. The third kappa shape index (κ3) is 2.58. The first-order valence-electron chi connectivity index (χ1n) is 5.17. The van der Waals surface area contributed by atoms with Crippen LogP contribution in [0.3, 0.4) is 0 Å². The normalized spacial score (nSPS) is 25.6. The molecule has 2 rings (SSSR count). The Morgan fingerprint density at radius 2 is 2.17 bits per heavy atom. The van der Waals surface area contributed by atoms with E-state index in [0.717, 1.165) is 0 Å². The SMILES string of the molecule is N#Cc1c(Cl)cccc1OC1CS(=O)(=O)CC1O. The monoisotopic (exact) mass is 287 g/mol. The topological polar surface area (TPSA) is 87.4 Å². The average molecular weight is 288 g/mol. The highest BCUT2D eigenvalue weighted by Crippen LogP contribution is 2.28. The molecule has 2 unspecified atom stereocenters. The van der Waals surface area contributed by atoms with E-state index in [1.165, 1.54) is 12.1 Å². The van der Waals surface area contributed by atoms with Gasteiger partial charge in [0.1, 0.15) is 29.6 Å². The highest BCUT2D eigenvalue weighted by Gasteiger charge is 2.38. The Morgan fingerprint density at radius 1 is 1.44 bits per heavy atom. The Balaban J connectivity index is 2.26. The van der Waals surface area contributed by atoms with Crippen LogP contribution in [-0.4, -0.2) is 37.2 Å². The predicted octanol–water partition coefficient (Wildman–Crippen LogP) is 0.748. The zero-order valence-corrected chi connectivity index (χ0v) is 10.8. The van der Waals surface area contributed by atoms with Gasteiger partial charge in [-0.1, -0.05) is 17.7 Å². The van der Waals surface area contributed by atoms with Gasteiger partial charge in [0, 0.05) is 0 Å². The highest BCUT2D eigenvalue weighted by molar-refractivity contribution is 7.91. The molecule has 2 atom stereocenters. The van der Waals surface area contributed by atoms with E-state index in [9.17, 15) is 13.5 Å². The van der Waals surface area contributed by atoms with Crippen LogP contribution in [0.5, 0.6) is 5.75 Å². The summed E-state index contributed by atoms with van der Waals surface area (Å²) >= 11 is 5.82. The lowest BCUT2D eigenvalue weighted by Crippen LogP contribution is -2.30. The van der Waals surface area contributed by atoms with Crippen molar-refractivity contribution in [2.75, 3.05) is 11.5 Å². The van der Waals surface area contributed by atoms with Crippen molar-refractivity contribution in [2.24, 2.45) is 0 Å². The number of hydrogen-bond acceptors (Lipinski definition) is 5. The van der Waals surface area contributed by atoms with E-state index in [-0.39, 0.29) is 27.8 Å². The summed E-state index contributed by atoms with van der Waals surface area (Å²) < 4.78 is 28.1. The Labute approximate surface area is 109 Å². The van der Waals surface area contributed by atoms with E-state index in [1.807, 2.05) is 6.07 Å².